The molecular weight excluding hydrogens is 406 g/mol. The molecule has 0 radical (unpaired) electrons. The van der Waals surface area contributed by atoms with E-state index in [0.717, 1.165) is 33.9 Å². The SMILES string of the molecule is COc1ccc(-n2c(-c3ccccc3)nc3cc(N)c(OCCCCC(=O)O)cc32)cc1. The van der Waals surface area contributed by atoms with Gasteiger partial charge in [-0.15, -0.1) is 0 Å². The molecule has 0 spiro atoms. The van der Waals surface area contributed by atoms with Crippen molar-refractivity contribution < 1.29 is 19.4 Å². The van der Waals surface area contributed by atoms with Crippen LogP contribution in [-0.4, -0.2) is 34.3 Å². The number of carbonyl (C=O) groups is 1. The van der Waals surface area contributed by atoms with Crippen molar-refractivity contribution in [1.29, 1.82) is 0 Å². The van der Waals surface area contributed by atoms with E-state index in [1.165, 1.54) is 0 Å². The second-order valence-electron chi connectivity index (χ2n) is 7.41. The molecule has 0 amide bonds. The first kappa shape index (κ1) is 21.2. The van der Waals surface area contributed by atoms with Crippen molar-refractivity contribution in [3.8, 4) is 28.6 Å². The van der Waals surface area contributed by atoms with Crippen LogP contribution in [0.25, 0.3) is 28.1 Å². The van der Waals surface area contributed by atoms with Gasteiger partial charge in [-0.2, -0.15) is 0 Å². The molecule has 0 aliphatic carbocycles. The Morgan fingerprint density at radius 1 is 1.06 bits per heavy atom. The molecule has 0 unspecified atom stereocenters. The van der Waals surface area contributed by atoms with Gasteiger partial charge in [0, 0.05) is 23.7 Å². The lowest BCUT2D eigenvalue weighted by Crippen LogP contribution is -2.03. The molecule has 0 saturated heterocycles. The number of nitrogens with zero attached hydrogens (tertiary/aromatic N) is 2. The van der Waals surface area contributed by atoms with Crippen LogP contribution in [0.5, 0.6) is 11.5 Å². The number of hydrogen-bond donors (Lipinski definition) is 2. The Kier molecular flexibility index (Phi) is 6.26. The Balaban J connectivity index is 1.75. The van der Waals surface area contributed by atoms with E-state index in [1.54, 1.807) is 7.11 Å². The number of rotatable bonds is 9. The number of aliphatic carboxylic acids is 1. The fourth-order valence-electron chi connectivity index (χ4n) is 3.58. The zero-order valence-electron chi connectivity index (χ0n) is 17.8. The Hall–Kier alpha value is -4.00. The van der Waals surface area contributed by atoms with Crippen molar-refractivity contribution in [3.05, 3.63) is 66.7 Å². The lowest BCUT2D eigenvalue weighted by atomic mass is 10.2. The molecule has 3 aromatic carbocycles. The Labute approximate surface area is 186 Å². The number of hydrogen-bond acceptors (Lipinski definition) is 5. The third-order valence-electron chi connectivity index (χ3n) is 5.19. The Bertz CT molecular complexity index is 1220. The van der Waals surface area contributed by atoms with E-state index in [2.05, 4.69) is 4.57 Å². The van der Waals surface area contributed by atoms with Gasteiger partial charge in [0.25, 0.3) is 0 Å². The first-order valence-corrected chi connectivity index (χ1v) is 10.4. The molecule has 0 fully saturated rings. The molecule has 164 valence electrons. The predicted octanol–water partition coefficient (Wildman–Crippen LogP) is 4.92. The normalized spacial score (nSPS) is 10.9. The zero-order chi connectivity index (χ0) is 22.5. The van der Waals surface area contributed by atoms with Gasteiger partial charge in [0.1, 0.15) is 17.3 Å². The topological polar surface area (TPSA) is 99.6 Å². The number of anilines is 1. The van der Waals surface area contributed by atoms with Gasteiger partial charge in [0.05, 0.1) is 30.4 Å². The number of ether oxygens (including phenoxy) is 2. The number of carboxylic acids is 1. The molecule has 0 atom stereocenters. The zero-order valence-corrected chi connectivity index (χ0v) is 17.8. The summed E-state index contributed by atoms with van der Waals surface area (Å²) in [6.07, 6.45) is 1.32. The average Bonchev–Trinajstić information content (AvgIpc) is 3.17. The molecule has 1 aromatic heterocycles. The lowest BCUT2D eigenvalue weighted by Gasteiger charge is -2.12. The van der Waals surface area contributed by atoms with E-state index in [-0.39, 0.29) is 6.42 Å². The molecule has 7 nitrogen and oxygen atoms in total. The number of nitrogens with two attached hydrogens (primary N) is 1. The monoisotopic (exact) mass is 431 g/mol. The fourth-order valence-corrected chi connectivity index (χ4v) is 3.58. The molecule has 0 bridgehead atoms. The second kappa shape index (κ2) is 9.43. The Morgan fingerprint density at radius 2 is 1.81 bits per heavy atom. The van der Waals surface area contributed by atoms with Crippen molar-refractivity contribution >= 4 is 22.7 Å². The van der Waals surface area contributed by atoms with Crippen molar-refractivity contribution in [1.82, 2.24) is 9.55 Å². The van der Waals surface area contributed by atoms with E-state index in [1.807, 2.05) is 66.7 Å². The number of benzene rings is 3. The molecule has 4 aromatic rings. The van der Waals surface area contributed by atoms with Crippen LogP contribution in [-0.2, 0) is 4.79 Å². The standard InChI is InChI=1S/C25H25N3O4/c1-31-19-12-10-18(11-13-19)28-22-16-23(32-14-6-5-9-24(29)30)20(26)15-21(22)27-25(28)17-7-3-2-4-8-17/h2-4,7-8,10-13,15-16H,5-6,9,14,26H2,1H3,(H,29,30). The minimum Gasteiger partial charge on any atom is -0.497 e. The summed E-state index contributed by atoms with van der Waals surface area (Å²) in [6, 6.07) is 21.5. The summed E-state index contributed by atoms with van der Waals surface area (Å²) in [4.78, 5) is 15.6. The maximum atomic E-state index is 10.7. The molecule has 0 aliphatic rings. The molecule has 0 aliphatic heterocycles. The molecule has 4 rings (SSSR count). The number of aromatic nitrogens is 2. The summed E-state index contributed by atoms with van der Waals surface area (Å²) in [5.41, 5.74) is 10.3. The minimum atomic E-state index is -0.803. The molecule has 3 N–H and O–H groups in total. The van der Waals surface area contributed by atoms with Gasteiger partial charge in [-0.1, -0.05) is 30.3 Å². The number of nitrogen functional groups attached to an aromatic ring is 1. The molecule has 0 saturated carbocycles. The largest absolute Gasteiger partial charge is 0.497 e. The fraction of sp³-hybridized carbons (Fsp3) is 0.200. The van der Waals surface area contributed by atoms with Crippen LogP contribution in [0.4, 0.5) is 5.69 Å². The highest BCUT2D eigenvalue weighted by Crippen LogP contribution is 2.34. The highest BCUT2D eigenvalue weighted by molar-refractivity contribution is 5.88. The maximum absolute atomic E-state index is 10.7. The van der Waals surface area contributed by atoms with Crippen LogP contribution in [0, 0.1) is 0 Å². The van der Waals surface area contributed by atoms with Crippen LogP contribution >= 0.6 is 0 Å². The van der Waals surface area contributed by atoms with Gasteiger partial charge in [-0.05, 0) is 43.2 Å². The van der Waals surface area contributed by atoms with Crippen LogP contribution in [0.15, 0.2) is 66.7 Å². The smallest absolute Gasteiger partial charge is 0.303 e. The summed E-state index contributed by atoms with van der Waals surface area (Å²) in [5.74, 6) is 1.32. The summed E-state index contributed by atoms with van der Waals surface area (Å²) in [7, 11) is 1.64. The van der Waals surface area contributed by atoms with Crippen molar-refractivity contribution in [2.45, 2.75) is 19.3 Å². The average molecular weight is 431 g/mol. The van der Waals surface area contributed by atoms with Crippen molar-refractivity contribution in [2.75, 3.05) is 19.5 Å². The summed E-state index contributed by atoms with van der Waals surface area (Å²) < 4.78 is 13.3. The third kappa shape index (κ3) is 4.51. The summed E-state index contributed by atoms with van der Waals surface area (Å²) in [5, 5.41) is 8.78. The predicted molar refractivity (Wildman–Crippen MR) is 124 cm³/mol. The van der Waals surface area contributed by atoms with Gasteiger partial charge < -0.3 is 20.3 Å². The highest BCUT2D eigenvalue weighted by Gasteiger charge is 2.17. The minimum absolute atomic E-state index is 0.128. The number of unbranched alkanes of at least 4 members (excludes halogenated alkanes) is 1. The highest BCUT2D eigenvalue weighted by atomic mass is 16.5. The van der Waals surface area contributed by atoms with Crippen LogP contribution in [0.1, 0.15) is 19.3 Å². The Morgan fingerprint density at radius 3 is 2.50 bits per heavy atom. The van der Waals surface area contributed by atoms with Gasteiger partial charge in [-0.25, -0.2) is 4.98 Å². The molecule has 1 heterocycles. The summed E-state index contributed by atoms with van der Waals surface area (Å²) in [6.45, 7) is 0.394. The van der Waals surface area contributed by atoms with Crippen molar-refractivity contribution in [3.63, 3.8) is 0 Å². The van der Waals surface area contributed by atoms with Crippen LogP contribution in [0.3, 0.4) is 0 Å². The molecular formula is C25H25N3O4. The number of methoxy groups -OCH3 is 1. The molecule has 32 heavy (non-hydrogen) atoms. The van der Waals surface area contributed by atoms with Gasteiger partial charge in [0.15, 0.2) is 0 Å². The van der Waals surface area contributed by atoms with Crippen LogP contribution < -0.4 is 15.2 Å². The van der Waals surface area contributed by atoms with Crippen molar-refractivity contribution in [2.24, 2.45) is 0 Å². The van der Waals surface area contributed by atoms with E-state index in [9.17, 15) is 4.79 Å². The first-order valence-electron chi connectivity index (χ1n) is 10.4. The lowest BCUT2D eigenvalue weighted by molar-refractivity contribution is -0.137. The molecule has 7 heteroatoms. The maximum Gasteiger partial charge on any atom is 0.303 e. The number of carboxylic acid groups (broad SMARTS) is 1. The quantitative estimate of drug-likeness (QED) is 0.288. The third-order valence-corrected chi connectivity index (χ3v) is 5.19. The first-order chi connectivity index (χ1) is 15.6. The van der Waals surface area contributed by atoms with E-state index >= 15 is 0 Å². The summed E-state index contributed by atoms with van der Waals surface area (Å²) >= 11 is 0. The van der Waals surface area contributed by atoms with Gasteiger partial charge >= 0.3 is 5.97 Å². The van der Waals surface area contributed by atoms with E-state index in [0.29, 0.717) is 30.9 Å². The van der Waals surface area contributed by atoms with Gasteiger partial charge in [-0.3, -0.25) is 9.36 Å². The van der Waals surface area contributed by atoms with E-state index < -0.39 is 5.97 Å². The van der Waals surface area contributed by atoms with E-state index in [4.69, 9.17) is 25.3 Å². The number of imidazole rings is 1. The number of fused-ring (bicyclic) bond motifs is 1. The van der Waals surface area contributed by atoms with Gasteiger partial charge in [0.2, 0.25) is 0 Å². The second-order valence-corrected chi connectivity index (χ2v) is 7.41. The van der Waals surface area contributed by atoms with Crippen LogP contribution in [0.2, 0.25) is 0 Å².